The van der Waals surface area contributed by atoms with E-state index < -0.39 is 21.8 Å². The van der Waals surface area contributed by atoms with Crippen LogP contribution in [0.5, 0.6) is 0 Å². The van der Waals surface area contributed by atoms with Crippen molar-refractivity contribution >= 4 is 48.3 Å². The Morgan fingerprint density at radius 2 is 1.41 bits per heavy atom. The van der Waals surface area contributed by atoms with Gasteiger partial charge in [-0.3, -0.25) is 0 Å². The van der Waals surface area contributed by atoms with E-state index >= 15 is 0 Å². The zero-order valence-corrected chi connectivity index (χ0v) is 27.2. The molecular formula is C27H44Br2OSi2. The van der Waals surface area contributed by atoms with Gasteiger partial charge in [0, 0.05) is 0 Å². The van der Waals surface area contributed by atoms with Crippen LogP contribution >= 0.6 is 31.9 Å². The predicted octanol–water partition coefficient (Wildman–Crippen LogP) is 9.80. The van der Waals surface area contributed by atoms with Crippen LogP contribution < -0.4 is 0 Å². The summed E-state index contributed by atoms with van der Waals surface area (Å²) in [6, 6.07) is 10.6. The summed E-state index contributed by atoms with van der Waals surface area (Å²) in [7, 11) is -3.85. The molecule has 1 aromatic carbocycles. The lowest BCUT2D eigenvalue weighted by molar-refractivity contribution is 0.254. The van der Waals surface area contributed by atoms with Gasteiger partial charge in [-0.15, -0.1) is 5.54 Å². The second-order valence-corrected chi connectivity index (χ2v) is 24.6. The van der Waals surface area contributed by atoms with E-state index in [4.69, 9.17) is 4.43 Å². The van der Waals surface area contributed by atoms with E-state index in [1.165, 1.54) is 5.56 Å². The molecule has 1 rings (SSSR count). The SMILES string of the molecule is CC(C)[Si](C#CC(C=C(Br)Br)(CO[Si](C)(C)C(C)(C)C)c1ccccc1)(C(C)C)C(C)C. The van der Waals surface area contributed by atoms with Gasteiger partial charge in [0.05, 0.1) is 15.4 Å². The average molecular weight is 601 g/mol. The van der Waals surface area contributed by atoms with Crippen molar-refractivity contribution in [1.29, 1.82) is 0 Å². The maximum Gasteiger partial charge on any atom is 0.192 e. The Morgan fingerprint density at radius 1 is 0.938 bits per heavy atom. The molecule has 0 radical (unpaired) electrons. The number of rotatable bonds is 8. The Kier molecular flexibility index (Phi) is 10.8. The summed E-state index contributed by atoms with van der Waals surface area (Å²) in [6.07, 6.45) is 2.20. The zero-order chi connectivity index (χ0) is 25.0. The molecule has 0 saturated heterocycles. The molecule has 1 nitrogen and oxygen atoms in total. The molecule has 180 valence electrons. The minimum absolute atomic E-state index is 0.143. The molecule has 1 aromatic rings. The van der Waals surface area contributed by atoms with Crippen LogP contribution in [0.4, 0.5) is 0 Å². The van der Waals surface area contributed by atoms with Gasteiger partial charge < -0.3 is 4.43 Å². The molecule has 0 spiro atoms. The first kappa shape index (κ1) is 29.9. The lowest BCUT2D eigenvalue weighted by Gasteiger charge is -2.40. The quantitative estimate of drug-likeness (QED) is 0.213. The van der Waals surface area contributed by atoms with Gasteiger partial charge >= 0.3 is 0 Å². The van der Waals surface area contributed by atoms with Crippen LogP contribution in [0.2, 0.25) is 34.8 Å². The molecule has 5 heteroatoms. The van der Waals surface area contributed by atoms with Gasteiger partial charge in [-0.05, 0) is 78.3 Å². The van der Waals surface area contributed by atoms with Crippen molar-refractivity contribution in [3.63, 3.8) is 0 Å². The molecule has 32 heavy (non-hydrogen) atoms. The average Bonchev–Trinajstić information content (AvgIpc) is 2.65. The third-order valence-corrected chi connectivity index (χ3v) is 18.7. The highest BCUT2D eigenvalue weighted by Crippen LogP contribution is 2.42. The van der Waals surface area contributed by atoms with E-state index in [1.54, 1.807) is 0 Å². The summed E-state index contributed by atoms with van der Waals surface area (Å²) in [5.41, 5.74) is 6.41. The second-order valence-electron chi connectivity index (χ2n) is 11.5. The molecule has 1 unspecified atom stereocenters. The highest BCUT2D eigenvalue weighted by Gasteiger charge is 2.44. The van der Waals surface area contributed by atoms with Gasteiger partial charge in [-0.2, -0.15) is 0 Å². The lowest BCUT2D eigenvalue weighted by atomic mass is 9.82. The first-order chi connectivity index (χ1) is 14.5. The summed E-state index contributed by atoms with van der Waals surface area (Å²) in [6.45, 7) is 26.3. The molecule has 0 aliphatic carbocycles. The van der Waals surface area contributed by atoms with Gasteiger partial charge in [0.1, 0.15) is 8.07 Å². The van der Waals surface area contributed by atoms with Crippen LogP contribution in [0.3, 0.4) is 0 Å². The van der Waals surface area contributed by atoms with E-state index in [2.05, 4.69) is 155 Å². The van der Waals surface area contributed by atoms with Crippen LogP contribution in [0, 0.1) is 11.5 Å². The van der Waals surface area contributed by atoms with E-state index in [0.29, 0.717) is 23.2 Å². The number of hydrogen-bond acceptors (Lipinski definition) is 1. The van der Waals surface area contributed by atoms with Crippen molar-refractivity contribution in [3.8, 4) is 11.5 Å². The molecule has 0 aliphatic heterocycles. The summed E-state index contributed by atoms with van der Waals surface area (Å²) in [4.78, 5) is 0. The van der Waals surface area contributed by atoms with Gasteiger partial charge in [0.15, 0.2) is 8.32 Å². The standard InChI is InChI=1S/C27H44Br2OSi2/c1-21(2)32(22(3)4,23(5)6)18-17-27(19-25(28)29,24-15-13-12-14-16-24)20-30-31(10,11)26(7,8)9/h12-16,19,21-23H,20H2,1-11H3. The maximum atomic E-state index is 6.83. The molecule has 0 N–H and O–H groups in total. The normalized spacial score (nSPS) is 14.9. The summed E-state index contributed by atoms with van der Waals surface area (Å²) < 4.78 is 7.74. The number of benzene rings is 1. The van der Waals surface area contributed by atoms with Crippen molar-refractivity contribution in [2.24, 2.45) is 0 Å². The van der Waals surface area contributed by atoms with Crippen molar-refractivity contribution in [2.75, 3.05) is 6.61 Å². The fourth-order valence-electron chi connectivity index (χ4n) is 4.44. The van der Waals surface area contributed by atoms with Gasteiger partial charge in [-0.25, -0.2) is 0 Å². The summed E-state index contributed by atoms with van der Waals surface area (Å²) in [5.74, 6) is 3.86. The van der Waals surface area contributed by atoms with Gasteiger partial charge in [0.2, 0.25) is 0 Å². The van der Waals surface area contributed by atoms with Crippen molar-refractivity contribution < 1.29 is 4.43 Å². The number of halogens is 2. The van der Waals surface area contributed by atoms with Gasteiger partial charge in [-0.1, -0.05) is 98.6 Å². The first-order valence-electron chi connectivity index (χ1n) is 11.8. The largest absolute Gasteiger partial charge is 0.415 e. The Hall–Kier alpha value is -0.126. The van der Waals surface area contributed by atoms with Gasteiger partial charge in [0.25, 0.3) is 0 Å². The first-order valence-corrected chi connectivity index (χ1v) is 18.5. The minimum Gasteiger partial charge on any atom is -0.415 e. The fraction of sp³-hybridized carbons (Fsp3) is 0.630. The minimum atomic E-state index is -1.96. The lowest BCUT2D eigenvalue weighted by Crippen LogP contribution is -2.46. The highest BCUT2D eigenvalue weighted by atomic mass is 79.9. The van der Waals surface area contributed by atoms with Crippen LogP contribution in [0.1, 0.15) is 67.9 Å². The van der Waals surface area contributed by atoms with Crippen molar-refractivity contribution in [1.82, 2.24) is 0 Å². The molecule has 0 fully saturated rings. The smallest absolute Gasteiger partial charge is 0.192 e. The monoisotopic (exact) mass is 598 g/mol. The molecule has 0 heterocycles. The highest BCUT2D eigenvalue weighted by molar-refractivity contribution is 9.28. The second kappa shape index (κ2) is 11.5. The van der Waals surface area contributed by atoms with E-state index in [1.807, 2.05) is 0 Å². The van der Waals surface area contributed by atoms with Crippen molar-refractivity contribution in [3.05, 3.63) is 45.4 Å². The van der Waals surface area contributed by atoms with E-state index in [9.17, 15) is 0 Å². The topological polar surface area (TPSA) is 9.23 Å². The Bertz CT molecular complexity index is 801. The third kappa shape index (κ3) is 6.95. The molecule has 0 aromatic heterocycles. The van der Waals surface area contributed by atoms with Crippen LogP contribution in [-0.4, -0.2) is 23.0 Å². The Balaban J connectivity index is 3.81. The fourth-order valence-corrected chi connectivity index (χ4v) is 11.5. The maximum absolute atomic E-state index is 6.83. The van der Waals surface area contributed by atoms with Crippen LogP contribution in [0.15, 0.2) is 39.8 Å². The number of hydrogen-bond donors (Lipinski definition) is 0. The van der Waals surface area contributed by atoms with E-state index in [0.717, 1.165) is 3.39 Å². The molecule has 0 saturated carbocycles. The summed E-state index contributed by atoms with van der Waals surface area (Å²) >= 11 is 7.30. The molecule has 0 bridgehead atoms. The third-order valence-electron chi connectivity index (χ3n) is 7.48. The summed E-state index contributed by atoms with van der Waals surface area (Å²) in [5, 5.41) is 0.143. The molecule has 1 atom stereocenters. The van der Waals surface area contributed by atoms with E-state index in [-0.39, 0.29) is 5.04 Å². The predicted molar refractivity (Wildman–Crippen MR) is 156 cm³/mol. The zero-order valence-electron chi connectivity index (χ0n) is 22.1. The molecular weight excluding hydrogens is 556 g/mol. The molecule has 0 aliphatic rings. The van der Waals surface area contributed by atoms with Crippen LogP contribution in [-0.2, 0) is 9.84 Å². The van der Waals surface area contributed by atoms with Crippen LogP contribution in [0.25, 0.3) is 0 Å². The van der Waals surface area contributed by atoms with Crippen molar-refractivity contribution in [2.45, 2.75) is 102 Å². The molecule has 0 amide bonds. The Morgan fingerprint density at radius 3 is 1.78 bits per heavy atom. The Labute approximate surface area is 217 Å².